The fraction of sp³-hybridized carbons (Fsp3) is 0.786. The molecule has 6 heteroatoms. The van der Waals surface area contributed by atoms with E-state index in [2.05, 4.69) is 5.32 Å². The van der Waals surface area contributed by atoms with Gasteiger partial charge in [-0.2, -0.15) is 0 Å². The number of hydrogen-bond acceptors (Lipinski definition) is 3. The Kier molecular flexibility index (Phi) is 4.73. The molecule has 1 saturated carbocycles. The fourth-order valence-corrected chi connectivity index (χ4v) is 4.36. The third-order valence-corrected chi connectivity index (χ3v) is 5.84. The van der Waals surface area contributed by atoms with Gasteiger partial charge in [0.15, 0.2) is 9.84 Å². The van der Waals surface area contributed by atoms with E-state index in [-0.39, 0.29) is 23.6 Å². The van der Waals surface area contributed by atoms with Crippen LogP contribution >= 0.6 is 0 Å². The van der Waals surface area contributed by atoms with Crippen molar-refractivity contribution in [3.05, 3.63) is 11.6 Å². The van der Waals surface area contributed by atoms with Gasteiger partial charge in [0.2, 0.25) is 0 Å². The summed E-state index contributed by atoms with van der Waals surface area (Å²) in [5, 5.41) is 2.86. The van der Waals surface area contributed by atoms with Crippen molar-refractivity contribution < 1.29 is 13.2 Å². The number of allylic oxidation sites excluding steroid dienone is 1. The van der Waals surface area contributed by atoms with Crippen LogP contribution < -0.4 is 5.32 Å². The van der Waals surface area contributed by atoms with E-state index in [9.17, 15) is 13.2 Å². The standard InChI is InChI=1S/C14H24N2O3S/c1-11(2)6-7-15-14(17)16-8-9-20(18,19)10-13(16)12-4-3-5-12/h6,12-13H,3-5,7-10H2,1-2H3,(H,15,17). The zero-order valence-corrected chi connectivity index (χ0v) is 13.1. The third-order valence-electron chi connectivity index (χ3n) is 4.19. The summed E-state index contributed by atoms with van der Waals surface area (Å²) in [6.07, 6.45) is 5.18. The number of amides is 2. The summed E-state index contributed by atoms with van der Waals surface area (Å²) >= 11 is 0. The zero-order chi connectivity index (χ0) is 14.8. The first-order valence-electron chi connectivity index (χ1n) is 7.27. The summed E-state index contributed by atoms with van der Waals surface area (Å²) in [4.78, 5) is 14.0. The highest BCUT2D eigenvalue weighted by Crippen LogP contribution is 2.34. The van der Waals surface area contributed by atoms with Crippen molar-refractivity contribution in [1.29, 1.82) is 0 Å². The largest absolute Gasteiger partial charge is 0.335 e. The van der Waals surface area contributed by atoms with Crippen molar-refractivity contribution >= 4 is 15.9 Å². The van der Waals surface area contributed by atoms with E-state index in [0.717, 1.165) is 24.8 Å². The maximum Gasteiger partial charge on any atom is 0.317 e. The molecule has 0 aromatic rings. The maximum absolute atomic E-state index is 12.2. The molecule has 1 unspecified atom stereocenters. The highest BCUT2D eigenvalue weighted by molar-refractivity contribution is 7.91. The highest BCUT2D eigenvalue weighted by atomic mass is 32.2. The molecule has 2 rings (SSSR count). The Hall–Kier alpha value is -1.04. The lowest BCUT2D eigenvalue weighted by atomic mass is 9.79. The van der Waals surface area contributed by atoms with Crippen molar-refractivity contribution in [1.82, 2.24) is 10.2 Å². The van der Waals surface area contributed by atoms with Gasteiger partial charge in [-0.3, -0.25) is 0 Å². The van der Waals surface area contributed by atoms with E-state index in [1.54, 1.807) is 4.90 Å². The molecular weight excluding hydrogens is 276 g/mol. The van der Waals surface area contributed by atoms with Crippen molar-refractivity contribution in [2.24, 2.45) is 5.92 Å². The second kappa shape index (κ2) is 6.16. The molecular formula is C14H24N2O3S. The van der Waals surface area contributed by atoms with Crippen molar-refractivity contribution in [3.63, 3.8) is 0 Å². The lowest BCUT2D eigenvalue weighted by Crippen LogP contribution is -2.58. The number of hydrogen-bond donors (Lipinski definition) is 1. The second-order valence-electron chi connectivity index (χ2n) is 6.03. The Bertz CT molecular complexity index is 491. The molecule has 0 radical (unpaired) electrons. The van der Waals surface area contributed by atoms with Crippen LogP contribution in [0.1, 0.15) is 33.1 Å². The predicted molar refractivity (Wildman–Crippen MR) is 79.3 cm³/mol. The number of sulfone groups is 1. The van der Waals surface area contributed by atoms with E-state index < -0.39 is 9.84 Å². The Labute approximate surface area is 121 Å². The topological polar surface area (TPSA) is 66.5 Å². The Morgan fingerprint density at radius 2 is 2.05 bits per heavy atom. The number of nitrogens with zero attached hydrogens (tertiary/aromatic N) is 1. The third kappa shape index (κ3) is 3.75. The van der Waals surface area contributed by atoms with Gasteiger partial charge in [-0.1, -0.05) is 18.1 Å². The summed E-state index contributed by atoms with van der Waals surface area (Å²) in [6, 6.07) is -0.261. The number of nitrogens with one attached hydrogen (secondary N) is 1. The van der Waals surface area contributed by atoms with E-state index in [1.165, 1.54) is 0 Å². The van der Waals surface area contributed by atoms with Crippen molar-refractivity contribution in [2.45, 2.75) is 39.2 Å². The van der Waals surface area contributed by atoms with Crippen LogP contribution in [0.3, 0.4) is 0 Å². The van der Waals surface area contributed by atoms with Crippen LogP contribution in [0.25, 0.3) is 0 Å². The zero-order valence-electron chi connectivity index (χ0n) is 12.3. The first-order chi connectivity index (χ1) is 9.39. The molecule has 2 amide bonds. The molecule has 1 saturated heterocycles. The van der Waals surface area contributed by atoms with Gasteiger partial charge in [0.05, 0.1) is 17.5 Å². The van der Waals surface area contributed by atoms with Gasteiger partial charge < -0.3 is 10.2 Å². The van der Waals surface area contributed by atoms with E-state index in [0.29, 0.717) is 19.0 Å². The van der Waals surface area contributed by atoms with Crippen molar-refractivity contribution in [3.8, 4) is 0 Å². The molecule has 5 nitrogen and oxygen atoms in total. The Balaban J connectivity index is 2.00. The fourth-order valence-electron chi connectivity index (χ4n) is 2.75. The summed E-state index contributed by atoms with van der Waals surface area (Å²) < 4.78 is 23.6. The van der Waals surface area contributed by atoms with Gasteiger partial charge >= 0.3 is 6.03 Å². The highest BCUT2D eigenvalue weighted by Gasteiger charge is 2.40. The Morgan fingerprint density at radius 1 is 1.35 bits per heavy atom. The summed E-state index contributed by atoms with van der Waals surface area (Å²) in [6.45, 7) is 4.79. The van der Waals surface area contributed by atoms with Crippen LogP contribution in [0.5, 0.6) is 0 Å². The van der Waals surface area contributed by atoms with E-state index in [4.69, 9.17) is 0 Å². The first-order valence-corrected chi connectivity index (χ1v) is 9.09. The molecule has 114 valence electrons. The number of rotatable bonds is 3. The Morgan fingerprint density at radius 3 is 2.60 bits per heavy atom. The smallest absolute Gasteiger partial charge is 0.317 e. The van der Waals surface area contributed by atoms with Gasteiger partial charge in [0, 0.05) is 13.1 Å². The lowest BCUT2D eigenvalue weighted by Gasteiger charge is -2.43. The maximum atomic E-state index is 12.2. The van der Waals surface area contributed by atoms with Crippen molar-refractivity contribution in [2.75, 3.05) is 24.6 Å². The number of urea groups is 1. The summed E-state index contributed by atoms with van der Waals surface area (Å²) in [5.41, 5.74) is 1.15. The van der Waals surface area contributed by atoms with Crippen LogP contribution in [-0.4, -0.2) is 50.0 Å². The molecule has 2 fully saturated rings. The summed E-state index contributed by atoms with van der Waals surface area (Å²) in [5.74, 6) is 0.583. The average Bonchev–Trinajstić information content (AvgIpc) is 2.24. The molecule has 0 bridgehead atoms. The molecule has 1 N–H and O–H groups in total. The molecule has 1 aliphatic heterocycles. The quantitative estimate of drug-likeness (QED) is 0.804. The second-order valence-corrected chi connectivity index (χ2v) is 8.26. The molecule has 0 aromatic heterocycles. The number of carbonyl (C=O) groups excluding carboxylic acids is 1. The van der Waals surface area contributed by atoms with Gasteiger partial charge in [-0.15, -0.1) is 0 Å². The minimum absolute atomic E-state index is 0.0896. The molecule has 0 spiro atoms. The SMILES string of the molecule is CC(C)=CCNC(=O)N1CCS(=O)(=O)CC1C1CCC1. The molecule has 0 aromatic carbocycles. The van der Waals surface area contributed by atoms with Gasteiger partial charge in [-0.25, -0.2) is 13.2 Å². The minimum atomic E-state index is -2.99. The normalized spacial score (nSPS) is 25.7. The first kappa shape index (κ1) is 15.4. The molecule has 1 atom stereocenters. The monoisotopic (exact) mass is 300 g/mol. The number of carbonyl (C=O) groups is 1. The van der Waals surface area contributed by atoms with Gasteiger partial charge in [0.25, 0.3) is 0 Å². The van der Waals surface area contributed by atoms with Crippen LogP contribution in [-0.2, 0) is 9.84 Å². The molecule has 1 heterocycles. The van der Waals surface area contributed by atoms with Crippen LogP contribution in [0.4, 0.5) is 4.79 Å². The van der Waals surface area contributed by atoms with Crippen LogP contribution in [0.2, 0.25) is 0 Å². The van der Waals surface area contributed by atoms with E-state index >= 15 is 0 Å². The van der Waals surface area contributed by atoms with E-state index in [1.807, 2.05) is 19.9 Å². The van der Waals surface area contributed by atoms with Gasteiger partial charge in [-0.05, 0) is 32.6 Å². The van der Waals surface area contributed by atoms with Crippen LogP contribution in [0.15, 0.2) is 11.6 Å². The average molecular weight is 300 g/mol. The molecule has 2 aliphatic rings. The van der Waals surface area contributed by atoms with Crippen LogP contribution in [0, 0.1) is 5.92 Å². The minimum Gasteiger partial charge on any atom is -0.335 e. The molecule has 20 heavy (non-hydrogen) atoms. The molecule has 1 aliphatic carbocycles. The summed E-state index contributed by atoms with van der Waals surface area (Å²) in [7, 11) is -2.99. The predicted octanol–water partition coefficient (Wildman–Crippen LogP) is 1.56. The van der Waals surface area contributed by atoms with Gasteiger partial charge in [0.1, 0.15) is 0 Å². The lowest BCUT2D eigenvalue weighted by molar-refractivity contribution is 0.124.